The fourth-order valence-corrected chi connectivity index (χ4v) is 3.90. The predicted molar refractivity (Wildman–Crippen MR) is 105 cm³/mol. The van der Waals surface area contributed by atoms with E-state index in [0.717, 1.165) is 32.1 Å². The fraction of sp³-hybridized carbons (Fsp3) is 0.667. The van der Waals surface area contributed by atoms with Crippen LogP contribution in [0.3, 0.4) is 0 Å². The molecule has 1 saturated heterocycles. The van der Waals surface area contributed by atoms with Gasteiger partial charge in [0.15, 0.2) is 0 Å². The van der Waals surface area contributed by atoms with Gasteiger partial charge in [-0.05, 0) is 37.8 Å². The number of halogens is 3. The Morgan fingerprint density at radius 3 is 2.57 bits per heavy atom. The number of carbonyl (C=O) groups is 1. The topological polar surface area (TPSA) is 60.0 Å². The van der Waals surface area contributed by atoms with Gasteiger partial charge in [0.1, 0.15) is 17.5 Å². The third-order valence-corrected chi connectivity index (χ3v) is 5.60. The van der Waals surface area contributed by atoms with Crippen LogP contribution in [0.25, 0.3) is 0 Å². The highest BCUT2D eigenvalue weighted by Gasteiger charge is 2.44. The van der Waals surface area contributed by atoms with Gasteiger partial charge in [-0.2, -0.15) is 13.2 Å². The van der Waals surface area contributed by atoms with Crippen molar-refractivity contribution in [1.82, 2.24) is 10.2 Å². The summed E-state index contributed by atoms with van der Waals surface area (Å²) in [5.74, 6) is 0.276. The lowest BCUT2D eigenvalue weighted by Crippen LogP contribution is -2.55. The number of benzene rings is 1. The van der Waals surface area contributed by atoms with Gasteiger partial charge >= 0.3 is 6.18 Å². The molecule has 1 unspecified atom stereocenters. The monoisotopic (exact) mass is 430 g/mol. The summed E-state index contributed by atoms with van der Waals surface area (Å²) in [5, 5.41) is 2.46. The maximum absolute atomic E-state index is 13.6. The van der Waals surface area contributed by atoms with Crippen LogP contribution in [0.2, 0.25) is 0 Å². The number of nitrogens with one attached hydrogen (secondary N) is 1. The number of alkyl halides is 3. The molecule has 6 nitrogen and oxygen atoms in total. The van der Waals surface area contributed by atoms with Crippen molar-refractivity contribution in [2.75, 3.05) is 40.0 Å². The first-order chi connectivity index (χ1) is 14.4. The zero-order valence-corrected chi connectivity index (χ0v) is 17.2. The van der Waals surface area contributed by atoms with Gasteiger partial charge in [-0.3, -0.25) is 9.69 Å². The van der Waals surface area contributed by atoms with Crippen LogP contribution in [0, 0.1) is 0 Å². The van der Waals surface area contributed by atoms with Crippen molar-refractivity contribution in [3.63, 3.8) is 0 Å². The summed E-state index contributed by atoms with van der Waals surface area (Å²) in [6, 6.07) is 2.99. The molecule has 1 aliphatic carbocycles. The van der Waals surface area contributed by atoms with E-state index in [1.807, 2.05) is 0 Å². The lowest BCUT2D eigenvalue weighted by atomic mass is 9.97. The van der Waals surface area contributed by atoms with Crippen LogP contribution in [0.1, 0.15) is 42.5 Å². The van der Waals surface area contributed by atoms with E-state index in [9.17, 15) is 18.0 Å². The number of hydrogen-bond acceptors (Lipinski definition) is 5. The van der Waals surface area contributed by atoms with E-state index in [0.29, 0.717) is 11.5 Å². The van der Waals surface area contributed by atoms with Gasteiger partial charge in [-0.1, -0.05) is 6.42 Å². The molecule has 1 amide bonds. The molecular formula is C21H29F3N2O4. The molecular weight excluding hydrogens is 401 g/mol. The molecule has 9 heteroatoms. The summed E-state index contributed by atoms with van der Waals surface area (Å²) >= 11 is 0. The number of carbonyl (C=O) groups excluding carboxylic acids is 1. The van der Waals surface area contributed by atoms with Gasteiger partial charge in [-0.15, -0.1) is 0 Å². The van der Waals surface area contributed by atoms with Crippen molar-refractivity contribution in [1.29, 1.82) is 0 Å². The zero-order chi connectivity index (χ0) is 21.6. The minimum absolute atomic E-state index is 0.00585. The maximum atomic E-state index is 13.6. The Balaban J connectivity index is 1.71. The minimum atomic E-state index is -4.45. The van der Waals surface area contributed by atoms with Crippen molar-refractivity contribution >= 4 is 5.91 Å². The highest BCUT2D eigenvalue weighted by Crippen LogP contribution is 2.30. The molecule has 2 fully saturated rings. The SMILES string of the molecule is COc1ccc(C(=O)NCC(N2CCOCC2)C(F)(F)F)c(OC2CCCCC2)c1. The van der Waals surface area contributed by atoms with Gasteiger partial charge in [0, 0.05) is 25.7 Å². The third kappa shape index (κ3) is 6.01. The first-order valence-electron chi connectivity index (χ1n) is 10.4. The second-order valence-electron chi connectivity index (χ2n) is 7.66. The number of nitrogens with zero attached hydrogens (tertiary/aromatic N) is 1. The number of hydrogen-bond donors (Lipinski definition) is 1. The van der Waals surface area contributed by atoms with Gasteiger partial charge in [0.2, 0.25) is 0 Å². The molecule has 1 N–H and O–H groups in total. The van der Waals surface area contributed by atoms with Crippen molar-refractivity contribution in [2.24, 2.45) is 0 Å². The molecule has 0 radical (unpaired) electrons. The molecule has 1 atom stereocenters. The van der Waals surface area contributed by atoms with Crippen LogP contribution in [0.5, 0.6) is 11.5 Å². The van der Waals surface area contributed by atoms with Crippen molar-refractivity contribution in [3.8, 4) is 11.5 Å². The molecule has 1 aromatic rings. The van der Waals surface area contributed by atoms with Crippen molar-refractivity contribution in [3.05, 3.63) is 23.8 Å². The molecule has 1 heterocycles. The summed E-state index contributed by atoms with van der Waals surface area (Å²) in [4.78, 5) is 14.1. The van der Waals surface area contributed by atoms with Crippen LogP contribution in [0.4, 0.5) is 13.2 Å². The second-order valence-corrected chi connectivity index (χ2v) is 7.66. The Kier molecular flexibility index (Phi) is 7.82. The summed E-state index contributed by atoms with van der Waals surface area (Å²) in [6.45, 7) is 0.325. The van der Waals surface area contributed by atoms with E-state index in [1.54, 1.807) is 12.1 Å². The summed E-state index contributed by atoms with van der Waals surface area (Å²) in [7, 11) is 1.51. The van der Waals surface area contributed by atoms with E-state index in [-0.39, 0.29) is 38.0 Å². The number of morpholine rings is 1. The standard InChI is InChI=1S/C21H29F3N2O4/c1-28-16-7-8-17(18(13-16)30-15-5-3-2-4-6-15)20(27)25-14-19(21(22,23)24)26-9-11-29-12-10-26/h7-8,13,15,19H,2-6,9-12,14H2,1H3,(H,25,27). The number of methoxy groups -OCH3 is 1. The molecule has 0 aromatic heterocycles. The molecule has 0 bridgehead atoms. The second kappa shape index (κ2) is 10.3. The van der Waals surface area contributed by atoms with Gasteiger partial charge in [-0.25, -0.2) is 0 Å². The summed E-state index contributed by atoms with van der Waals surface area (Å²) in [5.41, 5.74) is 0.212. The number of amides is 1. The highest BCUT2D eigenvalue weighted by atomic mass is 19.4. The first kappa shape index (κ1) is 22.7. The van der Waals surface area contributed by atoms with E-state index in [2.05, 4.69) is 5.32 Å². The molecule has 1 aromatic carbocycles. The average molecular weight is 430 g/mol. The highest BCUT2D eigenvalue weighted by molar-refractivity contribution is 5.97. The Labute approximate surface area is 174 Å². The quantitative estimate of drug-likeness (QED) is 0.719. The van der Waals surface area contributed by atoms with E-state index < -0.39 is 24.7 Å². The molecule has 30 heavy (non-hydrogen) atoms. The predicted octanol–water partition coefficient (Wildman–Crippen LogP) is 3.40. The van der Waals surface area contributed by atoms with E-state index in [1.165, 1.54) is 18.1 Å². The third-order valence-electron chi connectivity index (χ3n) is 5.60. The summed E-state index contributed by atoms with van der Waals surface area (Å²) < 4.78 is 57.1. The zero-order valence-electron chi connectivity index (χ0n) is 17.2. The van der Waals surface area contributed by atoms with E-state index in [4.69, 9.17) is 14.2 Å². The molecule has 1 saturated carbocycles. The molecule has 168 valence electrons. The van der Waals surface area contributed by atoms with Crippen LogP contribution < -0.4 is 14.8 Å². The fourth-order valence-electron chi connectivity index (χ4n) is 3.90. The number of ether oxygens (including phenoxy) is 3. The van der Waals surface area contributed by atoms with Crippen molar-refractivity contribution in [2.45, 2.75) is 50.4 Å². The maximum Gasteiger partial charge on any atom is 0.405 e. The Bertz CT molecular complexity index is 702. The lowest BCUT2D eigenvalue weighted by Gasteiger charge is -2.35. The van der Waals surface area contributed by atoms with Gasteiger partial charge < -0.3 is 19.5 Å². The Hall–Kier alpha value is -2.00. The first-order valence-corrected chi connectivity index (χ1v) is 10.4. The van der Waals surface area contributed by atoms with Crippen LogP contribution in [-0.2, 0) is 4.74 Å². The number of rotatable bonds is 7. The Morgan fingerprint density at radius 2 is 1.93 bits per heavy atom. The van der Waals surface area contributed by atoms with Gasteiger partial charge in [0.05, 0.1) is 32.0 Å². The molecule has 3 rings (SSSR count). The molecule has 2 aliphatic rings. The smallest absolute Gasteiger partial charge is 0.405 e. The van der Waals surface area contributed by atoms with Crippen LogP contribution >= 0.6 is 0 Å². The van der Waals surface area contributed by atoms with Crippen LogP contribution in [-0.4, -0.2) is 69.1 Å². The molecule has 1 aliphatic heterocycles. The largest absolute Gasteiger partial charge is 0.497 e. The van der Waals surface area contributed by atoms with Crippen LogP contribution in [0.15, 0.2) is 18.2 Å². The minimum Gasteiger partial charge on any atom is -0.497 e. The van der Waals surface area contributed by atoms with Crippen molar-refractivity contribution < 1.29 is 32.2 Å². The lowest BCUT2D eigenvalue weighted by molar-refractivity contribution is -0.189. The Morgan fingerprint density at radius 1 is 1.23 bits per heavy atom. The average Bonchev–Trinajstić information content (AvgIpc) is 2.74. The normalized spacial score (nSPS) is 19.9. The molecule has 0 spiro atoms. The van der Waals surface area contributed by atoms with Gasteiger partial charge in [0.25, 0.3) is 5.91 Å². The van der Waals surface area contributed by atoms with E-state index >= 15 is 0 Å². The summed E-state index contributed by atoms with van der Waals surface area (Å²) in [6.07, 6.45) is 0.606.